The lowest BCUT2D eigenvalue weighted by Gasteiger charge is -2.36. The van der Waals surface area contributed by atoms with Gasteiger partial charge in [0.2, 0.25) is 0 Å². The van der Waals surface area contributed by atoms with Crippen molar-refractivity contribution >= 4 is 0 Å². The van der Waals surface area contributed by atoms with Crippen molar-refractivity contribution in [2.45, 2.75) is 39.5 Å². The first-order valence-electron chi connectivity index (χ1n) is 5.63. The first-order chi connectivity index (χ1) is 6.29. The lowest BCUT2D eigenvalue weighted by molar-refractivity contribution is 0.251. The van der Waals surface area contributed by atoms with Gasteiger partial charge in [0.25, 0.3) is 0 Å². The summed E-state index contributed by atoms with van der Waals surface area (Å²) >= 11 is 0. The van der Waals surface area contributed by atoms with E-state index in [0.717, 1.165) is 17.8 Å². The van der Waals surface area contributed by atoms with E-state index < -0.39 is 0 Å². The molecule has 13 heavy (non-hydrogen) atoms. The third kappa shape index (κ3) is 1.72. The van der Waals surface area contributed by atoms with E-state index in [-0.39, 0.29) is 0 Å². The second-order valence-electron chi connectivity index (χ2n) is 4.78. The predicted molar refractivity (Wildman–Crippen MR) is 57.5 cm³/mol. The normalized spacial score (nSPS) is 33.0. The van der Waals surface area contributed by atoms with Crippen LogP contribution in [0.15, 0.2) is 23.8 Å². The smallest absolute Gasteiger partial charge is 0.0135 e. The monoisotopic (exact) mass is 176 g/mol. The van der Waals surface area contributed by atoms with Crippen LogP contribution in [0.3, 0.4) is 0 Å². The van der Waals surface area contributed by atoms with Crippen molar-refractivity contribution < 1.29 is 0 Å². The second kappa shape index (κ2) is 3.69. The molecular formula is C13H20. The van der Waals surface area contributed by atoms with Crippen molar-refractivity contribution in [3.05, 3.63) is 23.8 Å². The van der Waals surface area contributed by atoms with Crippen LogP contribution in [-0.2, 0) is 0 Å². The van der Waals surface area contributed by atoms with Crippen molar-refractivity contribution in [3.63, 3.8) is 0 Å². The molecule has 0 fully saturated rings. The Morgan fingerprint density at radius 2 is 2.15 bits per heavy atom. The van der Waals surface area contributed by atoms with Crippen LogP contribution in [0.2, 0.25) is 0 Å². The molecule has 72 valence electrons. The molecule has 0 saturated carbocycles. The molecule has 0 aromatic rings. The highest BCUT2D eigenvalue weighted by Gasteiger charge is 2.29. The average Bonchev–Trinajstić information content (AvgIpc) is 2.17. The van der Waals surface area contributed by atoms with Crippen LogP contribution in [0.25, 0.3) is 0 Å². The Hall–Kier alpha value is -0.520. The molecule has 0 radical (unpaired) electrons. The second-order valence-corrected chi connectivity index (χ2v) is 4.78. The fourth-order valence-electron chi connectivity index (χ4n) is 2.91. The van der Waals surface area contributed by atoms with Gasteiger partial charge in [0.15, 0.2) is 0 Å². The standard InChI is InChI=1S/C13H20/c1-10(2)12-9-5-7-11-6-3-4-8-13(11)12/h3-4,7,10,12-13H,5-6,8-9H2,1-2H3. The summed E-state index contributed by atoms with van der Waals surface area (Å²) in [6.07, 6.45) is 12.5. The minimum atomic E-state index is 0.861. The molecule has 0 heteroatoms. The van der Waals surface area contributed by atoms with Gasteiger partial charge in [-0.05, 0) is 43.4 Å². The summed E-state index contributed by atoms with van der Waals surface area (Å²) in [7, 11) is 0. The molecule has 0 spiro atoms. The molecule has 0 aromatic heterocycles. The minimum absolute atomic E-state index is 0.861. The van der Waals surface area contributed by atoms with Crippen LogP contribution < -0.4 is 0 Å². The summed E-state index contributed by atoms with van der Waals surface area (Å²) in [5, 5.41) is 0. The van der Waals surface area contributed by atoms with E-state index in [1.165, 1.54) is 25.7 Å². The quantitative estimate of drug-likeness (QED) is 0.531. The van der Waals surface area contributed by atoms with Crippen LogP contribution in [0, 0.1) is 17.8 Å². The maximum absolute atomic E-state index is 2.49. The fourth-order valence-corrected chi connectivity index (χ4v) is 2.91. The van der Waals surface area contributed by atoms with Crippen LogP contribution in [-0.4, -0.2) is 0 Å². The zero-order valence-electron chi connectivity index (χ0n) is 8.79. The highest BCUT2D eigenvalue weighted by atomic mass is 14.3. The number of fused-ring (bicyclic) bond motifs is 1. The summed E-state index contributed by atoms with van der Waals surface area (Å²) in [4.78, 5) is 0. The Kier molecular flexibility index (Phi) is 2.57. The highest BCUT2D eigenvalue weighted by molar-refractivity contribution is 5.20. The van der Waals surface area contributed by atoms with Gasteiger partial charge in [-0.25, -0.2) is 0 Å². The van der Waals surface area contributed by atoms with E-state index in [4.69, 9.17) is 0 Å². The summed E-state index contributed by atoms with van der Waals surface area (Å²) in [5.41, 5.74) is 1.73. The molecule has 2 aliphatic rings. The zero-order valence-corrected chi connectivity index (χ0v) is 8.79. The summed E-state index contributed by atoms with van der Waals surface area (Å²) in [6, 6.07) is 0. The molecule has 0 N–H and O–H groups in total. The average molecular weight is 176 g/mol. The maximum atomic E-state index is 2.49. The molecule has 0 aliphatic heterocycles. The molecule has 0 nitrogen and oxygen atoms in total. The largest absolute Gasteiger partial charge is 0.0876 e. The number of rotatable bonds is 1. The minimum Gasteiger partial charge on any atom is -0.0876 e. The Balaban J connectivity index is 2.17. The van der Waals surface area contributed by atoms with Gasteiger partial charge in [-0.1, -0.05) is 37.6 Å². The van der Waals surface area contributed by atoms with Crippen LogP contribution in [0.4, 0.5) is 0 Å². The molecule has 2 aliphatic carbocycles. The van der Waals surface area contributed by atoms with Gasteiger partial charge in [-0.3, -0.25) is 0 Å². The van der Waals surface area contributed by atoms with E-state index in [1.807, 2.05) is 0 Å². The summed E-state index contributed by atoms with van der Waals surface area (Å²) in [5.74, 6) is 2.70. The number of hydrogen-bond acceptors (Lipinski definition) is 0. The molecule has 0 amide bonds. The van der Waals surface area contributed by atoms with E-state index in [1.54, 1.807) is 5.57 Å². The molecule has 0 bridgehead atoms. The number of allylic oxidation sites excluding steroid dienone is 4. The van der Waals surface area contributed by atoms with Crippen molar-refractivity contribution in [3.8, 4) is 0 Å². The zero-order chi connectivity index (χ0) is 9.26. The van der Waals surface area contributed by atoms with E-state index in [9.17, 15) is 0 Å². The topological polar surface area (TPSA) is 0 Å². The van der Waals surface area contributed by atoms with Gasteiger partial charge >= 0.3 is 0 Å². The molecule has 2 unspecified atom stereocenters. The van der Waals surface area contributed by atoms with Gasteiger partial charge in [-0.15, -0.1) is 0 Å². The fraction of sp³-hybridized carbons (Fsp3) is 0.692. The first kappa shape index (κ1) is 9.05. The van der Waals surface area contributed by atoms with E-state index in [0.29, 0.717) is 0 Å². The maximum Gasteiger partial charge on any atom is -0.0135 e. The molecule has 0 saturated heterocycles. The molecule has 0 aromatic carbocycles. The van der Waals surface area contributed by atoms with Crippen LogP contribution in [0.1, 0.15) is 39.5 Å². The molecule has 2 rings (SSSR count). The van der Waals surface area contributed by atoms with Gasteiger partial charge < -0.3 is 0 Å². The predicted octanol–water partition coefficient (Wildman–Crippen LogP) is 3.95. The van der Waals surface area contributed by atoms with Gasteiger partial charge in [-0.2, -0.15) is 0 Å². The lowest BCUT2D eigenvalue weighted by Crippen LogP contribution is -2.25. The lowest BCUT2D eigenvalue weighted by atomic mass is 9.69. The van der Waals surface area contributed by atoms with Gasteiger partial charge in [0.1, 0.15) is 0 Å². The van der Waals surface area contributed by atoms with Crippen LogP contribution >= 0.6 is 0 Å². The number of hydrogen-bond donors (Lipinski definition) is 0. The Labute approximate surface area is 81.7 Å². The first-order valence-corrected chi connectivity index (χ1v) is 5.63. The van der Waals surface area contributed by atoms with Gasteiger partial charge in [0.05, 0.1) is 0 Å². The molecule has 0 heterocycles. The van der Waals surface area contributed by atoms with Crippen molar-refractivity contribution in [1.82, 2.24) is 0 Å². The third-order valence-electron chi connectivity index (χ3n) is 3.67. The van der Waals surface area contributed by atoms with Crippen molar-refractivity contribution in [1.29, 1.82) is 0 Å². The molecule has 2 atom stereocenters. The van der Waals surface area contributed by atoms with Crippen molar-refractivity contribution in [2.75, 3.05) is 0 Å². The van der Waals surface area contributed by atoms with E-state index >= 15 is 0 Å². The SMILES string of the molecule is CC(C)C1CCC=C2CC=CCC21. The highest BCUT2D eigenvalue weighted by Crippen LogP contribution is 2.41. The Morgan fingerprint density at radius 1 is 1.31 bits per heavy atom. The Morgan fingerprint density at radius 3 is 2.92 bits per heavy atom. The molecular weight excluding hydrogens is 156 g/mol. The van der Waals surface area contributed by atoms with Gasteiger partial charge in [0, 0.05) is 0 Å². The van der Waals surface area contributed by atoms with E-state index in [2.05, 4.69) is 32.1 Å². The Bertz CT molecular complexity index is 232. The summed E-state index contributed by atoms with van der Waals surface area (Å²) in [6.45, 7) is 4.76. The van der Waals surface area contributed by atoms with Crippen molar-refractivity contribution in [2.24, 2.45) is 17.8 Å². The van der Waals surface area contributed by atoms with Crippen LogP contribution in [0.5, 0.6) is 0 Å². The third-order valence-corrected chi connectivity index (χ3v) is 3.67. The summed E-state index contributed by atoms with van der Waals surface area (Å²) < 4.78 is 0.